The van der Waals surface area contributed by atoms with Crippen molar-refractivity contribution in [3.8, 4) is 11.3 Å². The molecule has 0 radical (unpaired) electrons. The van der Waals surface area contributed by atoms with Crippen molar-refractivity contribution in [2.75, 3.05) is 0 Å². The second-order valence-corrected chi connectivity index (χ2v) is 5.60. The average Bonchev–Trinajstić information content (AvgIpc) is 2.50. The third-order valence-corrected chi connectivity index (χ3v) is 3.62. The molecular formula is C17H13ClN2S. The van der Waals surface area contributed by atoms with Gasteiger partial charge in [-0.15, -0.1) is 0 Å². The summed E-state index contributed by atoms with van der Waals surface area (Å²) in [7, 11) is 0. The lowest BCUT2D eigenvalue weighted by Crippen LogP contribution is -1.98. The van der Waals surface area contributed by atoms with Crippen LogP contribution in [0.5, 0.6) is 0 Å². The topological polar surface area (TPSA) is 28.7 Å². The molecule has 4 heteroatoms. The van der Waals surface area contributed by atoms with Crippen molar-refractivity contribution in [3.63, 3.8) is 0 Å². The molecule has 0 unspecified atom stereocenters. The van der Waals surface area contributed by atoms with Crippen LogP contribution in [0.3, 0.4) is 0 Å². The Kier molecular flexibility index (Phi) is 4.13. The van der Waals surface area contributed by atoms with Crippen LogP contribution in [0.4, 0.5) is 0 Å². The van der Waals surface area contributed by atoms with Crippen molar-refractivity contribution >= 4 is 23.8 Å². The maximum atomic E-state index is 5.91. The van der Waals surface area contributed by atoms with E-state index in [0.29, 0.717) is 11.1 Å². The molecule has 0 aliphatic carbocycles. The van der Waals surface area contributed by atoms with Gasteiger partial charge in [0.15, 0.2) is 0 Å². The Labute approximate surface area is 133 Å². The number of halogens is 1. The monoisotopic (exact) mass is 312 g/mol. The molecule has 0 saturated heterocycles. The predicted octanol–water partition coefficient (Wildman–Crippen LogP) is 5.05. The predicted molar refractivity (Wildman–Crippen MR) is 89.1 cm³/mol. The van der Waals surface area contributed by atoms with Gasteiger partial charge in [0, 0.05) is 17.1 Å². The molecule has 0 atom stereocenters. The van der Waals surface area contributed by atoms with Gasteiger partial charge in [-0.25, -0.2) is 4.98 Å². The van der Waals surface area contributed by atoms with Crippen LogP contribution in [0.25, 0.3) is 11.3 Å². The second kappa shape index (κ2) is 6.20. The highest BCUT2D eigenvalue weighted by Gasteiger charge is 2.03. The van der Waals surface area contributed by atoms with E-state index >= 15 is 0 Å². The highest BCUT2D eigenvalue weighted by atomic mass is 35.5. The molecule has 21 heavy (non-hydrogen) atoms. The lowest BCUT2D eigenvalue weighted by atomic mass is 10.1. The summed E-state index contributed by atoms with van der Waals surface area (Å²) in [5.41, 5.74) is 3.23. The fourth-order valence-electron chi connectivity index (χ4n) is 2.16. The SMILES string of the molecule is S=c1cc(-c2ccccc2)[nH]c(Cc2ccc(Cl)cc2)n1. The summed E-state index contributed by atoms with van der Waals surface area (Å²) in [6.07, 6.45) is 0.696. The van der Waals surface area contributed by atoms with E-state index in [9.17, 15) is 0 Å². The van der Waals surface area contributed by atoms with Gasteiger partial charge in [0.1, 0.15) is 10.5 Å². The van der Waals surface area contributed by atoms with Crippen molar-refractivity contribution in [3.05, 3.63) is 81.7 Å². The highest BCUT2D eigenvalue weighted by Crippen LogP contribution is 2.18. The fraction of sp³-hybridized carbons (Fsp3) is 0.0588. The zero-order valence-electron chi connectivity index (χ0n) is 11.2. The van der Waals surface area contributed by atoms with Crippen LogP contribution < -0.4 is 0 Å². The Morgan fingerprint density at radius 3 is 2.43 bits per heavy atom. The molecule has 0 amide bonds. The van der Waals surface area contributed by atoms with Crippen LogP contribution in [-0.2, 0) is 6.42 Å². The molecule has 104 valence electrons. The lowest BCUT2D eigenvalue weighted by molar-refractivity contribution is 0.964. The molecular weight excluding hydrogens is 300 g/mol. The van der Waals surface area contributed by atoms with Gasteiger partial charge in [0.05, 0.1) is 0 Å². The van der Waals surface area contributed by atoms with Crippen LogP contribution in [0.2, 0.25) is 5.02 Å². The number of benzene rings is 2. The Balaban J connectivity index is 1.95. The molecule has 0 aliphatic heterocycles. The van der Waals surface area contributed by atoms with Crippen LogP contribution in [-0.4, -0.2) is 9.97 Å². The quantitative estimate of drug-likeness (QED) is 0.685. The first kappa shape index (κ1) is 14.0. The summed E-state index contributed by atoms with van der Waals surface area (Å²) in [6, 6.07) is 19.7. The normalized spacial score (nSPS) is 10.5. The number of rotatable bonds is 3. The summed E-state index contributed by atoms with van der Waals surface area (Å²) in [6.45, 7) is 0. The van der Waals surface area contributed by atoms with Gasteiger partial charge >= 0.3 is 0 Å². The third-order valence-electron chi connectivity index (χ3n) is 3.16. The number of aromatic amines is 1. The van der Waals surface area contributed by atoms with Gasteiger partial charge in [-0.3, -0.25) is 0 Å². The minimum Gasteiger partial charge on any atom is -0.343 e. The molecule has 0 aliphatic rings. The first-order valence-corrected chi connectivity index (χ1v) is 7.39. The third kappa shape index (κ3) is 3.57. The number of nitrogens with one attached hydrogen (secondary N) is 1. The molecule has 2 nitrogen and oxygen atoms in total. The van der Waals surface area contributed by atoms with Gasteiger partial charge in [-0.1, -0.05) is 66.3 Å². The molecule has 0 fully saturated rings. The van der Waals surface area contributed by atoms with Gasteiger partial charge in [0.2, 0.25) is 0 Å². The van der Waals surface area contributed by atoms with E-state index < -0.39 is 0 Å². The van der Waals surface area contributed by atoms with Gasteiger partial charge in [0.25, 0.3) is 0 Å². The molecule has 3 rings (SSSR count). The Bertz CT molecular complexity index is 795. The lowest BCUT2D eigenvalue weighted by Gasteiger charge is -2.06. The largest absolute Gasteiger partial charge is 0.343 e. The van der Waals surface area contributed by atoms with Gasteiger partial charge in [-0.2, -0.15) is 0 Å². The fourth-order valence-corrected chi connectivity index (χ4v) is 2.51. The average molecular weight is 313 g/mol. The van der Waals surface area contributed by atoms with E-state index in [2.05, 4.69) is 9.97 Å². The smallest absolute Gasteiger partial charge is 0.130 e. The summed E-state index contributed by atoms with van der Waals surface area (Å²) < 4.78 is 0.594. The molecule has 0 spiro atoms. The minimum absolute atomic E-state index is 0.594. The standard InChI is InChI=1S/C17H13ClN2S/c18-14-8-6-12(7-9-14)10-16-19-15(11-17(21)20-16)13-4-2-1-3-5-13/h1-9,11H,10H2,(H,19,20,21). The number of hydrogen-bond acceptors (Lipinski definition) is 2. The Morgan fingerprint density at radius 2 is 1.71 bits per heavy atom. The van der Waals surface area contributed by atoms with E-state index in [1.54, 1.807) is 0 Å². The van der Waals surface area contributed by atoms with E-state index in [-0.39, 0.29) is 0 Å². The molecule has 1 N–H and O–H groups in total. The van der Waals surface area contributed by atoms with Crippen LogP contribution in [0.1, 0.15) is 11.4 Å². The molecule has 1 aromatic heterocycles. The molecule has 0 saturated carbocycles. The van der Waals surface area contributed by atoms with E-state index in [1.807, 2.05) is 60.7 Å². The number of hydrogen-bond donors (Lipinski definition) is 1. The van der Waals surface area contributed by atoms with Gasteiger partial charge in [-0.05, 0) is 29.3 Å². The van der Waals surface area contributed by atoms with E-state index in [1.165, 1.54) is 0 Å². The van der Waals surface area contributed by atoms with Crippen molar-refractivity contribution in [1.29, 1.82) is 0 Å². The van der Waals surface area contributed by atoms with Crippen molar-refractivity contribution in [1.82, 2.24) is 9.97 Å². The number of aromatic nitrogens is 2. The van der Waals surface area contributed by atoms with Crippen LogP contribution in [0, 0.1) is 4.64 Å². The Morgan fingerprint density at radius 1 is 1.00 bits per heavy atom. The zero-order chi connectivity index (χ0) is 14.7. The summed E-state index contributed by atoms with van der Waals surface area (Å²) in [4.78, 5) is 7.76. The molecule has 3 aromatic rings. The van der Waals surface area contributed by atoms with Crippen LogP contribution >= 0.6 is 23.8 Å². The summed E-state index contributed by atoms with van der Waals surface area (Å²) in [5.74, 6) is 0.851. The molecule has 1 heterocycles. The highest BCUT2D eigenvalue weighted by molar-refractivity contribution is 7.71. The first-order valence-electron chi connectivity index (χ1n) is 6.61. The first-order chi connectivity index (χ1) is 10.2. The van der Waals surface area contributed by atoms with E-state index in [0.717, 1.165) is 27.7 Å². The number of H-pyrrole nitrogens is 1. The maximum absolute atomic E-state index is 5.91. The van der Waals surface area contributed by atoms with Crippen molar-refractivity contribution < 1.29 is 0 Å². The minimum atomic E-state index is 0.594. The zero-order valence-corrected chi connectivity index (χ0v) is 12.8. The van der Waals surface area contributed by atoms with Crippen LogP contribution in [0.15, 0.2) is 60.7 Å². The van der Waals surface area contributed by atoms with Crippen molar-refractivity contribution in [2.45, 2.75) is 6.42 Å². The summed E-state index contributed by atoms with van der Waals surface area (Å²) >= 11 is 11.2. The second-order valence-electron chi connectivity index (χ2n) is 4.75. The van der Waals surface area contributed by atoms with E-state index in [4.69, 9.17) is 23.8 Å². The molecule has 0 bridgehead atoms. The number of nitrogens with zero attached hydrogens (tertiary/aromatic N) is 1. The van der Waals surface area contributed by atoms with Crippen molar-refractivity contribution in [2.24, 2.45) is 0 Å². The maximum Gasteiger partial charge on any atom is 0.130 e. The van der Waals surface area contributed by atoms with Gasteiger partial charge < -0.3 is 4.98 Å². The Hall–Kier alpha value is -1.97. The molecule has 2 aromatic carbocycles. The summed E-state index contributed by atoms with van der Waals surface area (Å²) in [5, 5.41) is 0.734.